The van der Waals surface area contributed by atoms with Gasteiger partial charge >= 0.3 is 5.97 Å². The highest BCUT2D eigenvalue weighted by atomic mass is 127. The number of aromatic nitrogens is 1. The number of carbonyl (C=O) groups excluding carboxylic acids is 1. The predicted molar refractivity (Wildman–Crippen MR) is 148 cm³/mol. The highest BCUT2D eigenvalue weighted by Crippen LogP contribution is 2.35. The topological polar surface area (TPSA) is 99.4 Å². The highest BCUT2D eigenvalue weighted by Gasteiger charge is 2.31. The van der Waals surface area contributed by atoms with Crippen LogP contribution in [0.5, 0.6) is 17.2 Å². The van der Waals surface area contributed by atoms with Crippen LogP contribution in [0, 0.1) is 3.57 Å². The van der Waals surface area contributed by atoms with Gasteiger partial charge in [-0.1, -0.05) is 33.3 Å². The summed E-state index contributed by atoms with van der Waals surface area (Å²) in [7, 11) is 1.28. The van der Waals surface area contributed by atoms with E-state index in [4.69, 9.17) is 14.2 Å². The molecule has 0 fully saturated rings. The van der Waals surface area contributed by atoms with Crippen LogP contribution in [0.3, 0.4) is 0 Å². The molecule has 2 aromatic carbocycles. The van der Waals surface area contributed by atoms with Crippen molar-refractivity contribution in [3.8, 4) is 17.2 Å². The third-order valence-electron chi connectivity index (χ3n) is 5.35. The van der Waals surface area contributed by atoms with Gasteiger partial charge in [-0.05, 0) is 72.3 Å². The number of phenols is 1. The minimum Gasteiger partial charge on any atom is -0.506 e. The van der Waals surface area contributed by atoms with Gasteiger partial charge in [0.25, 0.3) is 5.56 Å². The number of ether oxygens (including phenoxy) is 3. The number of benzene rings is 2. The molecule has 188 valence electrons. The molecule has 0 aliphatic carbocycles. The first-order valence-electron chi connectivity index (χ1n) is 11.0. The van der Waals surface area contributed by atoms with Crippen molar-refractivity contribution in [2.24, 2.45) is 4.99 Å². The van der Waals surface area contributed by atoms with Gasteiger partial charge in [0.15, 0.2) is 16.3 Å². The van der Waals surface area contributed by atoms with E-state index in [1.165, 1.54) is 29.2 Å². The summed E-state index contributed by atoms with van der Waals surface area (Å²) in [5.41, 5.74) is 0.992. The number of carbonyl (C=O) groups is 1. The molecule has 0 radical (unpaired) electrons. The standard InChI is InChI=1S/C25H22BrIN2O6S/c1-4-34-18-7-6-13(9-19(18)35-5-2)21-16(24(32)33-3)12-28-25-29(21)23(31)20(36-25)10-14-8-15(26)11-17(27)22(14)30/h6-12,21,30H,4-5H2,1-3H3/b20-10+/t21-/m1/s1. The van der Waals surface area contributed by atoms with E-state index >= 15 is 0 Å². The molecule has 1 aliphatic heterocycles. The number of thiazole rings is 1. The van der Waals surface area contributed by atoms with Crippen molar-refractivity contribution in [1.82, 2.24) is 4.57 Å². The molecule has 0 spiro atoms. The number of methoxy groups -OCH3 is 1. The molecule has 0 amide bonds. The molecule has 4 rings (SSSR count). The highest BCUT2D eigenvalue weighted by molar-refractivity contribution is 14.1. The molecule has 3 aromatic rings. The van der Waals surface area contributed by atoms with E-state index in [0.29, 0.717) is 48.7 Å². The number of esters is 1. The van der Waals surface area contributed by atoms with Gasteiger partial charge in [0.05, 0.1) is 40.0 Å². The minimum absolute atomic E-state index is 0.0734. The Morgan fingerprint density at radius 3 is 2.64 bits per heavy atom. The zero-order valence-corrected chi connectivity index (χ0v) is 24.1. The van der Waals surface area contributed by atoms with Crippen molar-refractivity contribution < 1.29 is 24.1 Å². The lowest BCUT2D eigenvalue weighted by Gasteiger charge is -2.23. The Balaban J connectivity index is 1.93. The van der Waals surface area contributed by atoms with Crippen LogP contribution in [-0.4, -0.2) is 36.0 Å². The van der Waals surface area contributed by atoms with Gasteiger partial charge in [-0.15, -0.1) is 0 Å². The van der Waals surface area contributed by atoms with Gasteiger partial charge in [-0.3, -0.25) is 9.36 Å². The van der Waals surface area contributed by atoms with Crippen molar-refractivity contribution in [3.63, 3.8) is 0 Å². The largest absolute Gasteiger partial charge is 0.506 e. The van der Waals surface area contributed by atoms with Gasteiger partial charge < -0.3 is 19.3 Å². The Labute approximate surface area is 232 Å². The molecule has 1 aromatic heterocycles. The fourth-order valence-electron chi connectivity index (χ4n) is 3.82. The first-order chi connectivity index (χ1) is 17.3. The molecule has 2 heterocycles. The van der Waals surface area contributed by atoms with Gasteiger partial charge in [0.1, 0.15) is 5.75 Å². The molecule has 1 N–H and O–H groups in total. The van der Waals surface area contributed by atoms with Crippen LogP contribution < -0.4 is 24.4 Å². The SMILES string of the molecule is CCOc1ccc([C@@H]2C(C(=O)OC)=CN=c3s/c(=C/c4cc(Br)cc(I)c4O)c(=O)n32)cc1OCC. The van der Waals surface area contributed by atoms with E-state index in [2.05, 4.69) is 20.9 Å². The first-order valence-corrected chi connectivity index (χ1v) is 13.6. The third kappa shape index (κ3) is 5.09. The van der Waals surface area contributed by atoms with Crippen LogP contribution in [0.4, 0.5) is 0 Å². The predicted octanol–water partition coefficient (Wildman–Crippen LogP) is 3.89. The van der Waals surface area contributed by atoms with Crippen LogP contribution in [0.2, 0.25) is 0 Å². The second-order valence-corrected chi connectivity index (χ2v) is 10.7. The van der Waals surface area contributed by atoms with Crippen molar-refractivity contribution in [1.29, 1.82) is 0 Å². The summed E-state index contributed by atoms with van der Waals surface area (Å²) in [6.45, 7) is 4.62. The Hall–Kier alpha value is -2.64. The normalized spacial score (nSPS) is 15.1. The van der Waals surface area contributed by atoms with Crippen LogP contribution in [0.1, 0.15) is 31.0 Å². The zero-order valence-electron chi connectivity index (χ0n) is 19.6. The van der Waals surface area contributed by atoms with Crippen molar-refractivity contribution in [2.75, 3.05) is 20.3 Å². The molecule has 1 atom stereocenters. The van der Waals surface area contributed by atoms with E-state index in [1.807, 2.05) is 36.4 Å². The number of nitrogens with zero attached hydrogens (tertiary/aromatic N) is 2. The van der Waals surface area contributed by atoms with Crippen LogP contribution in [0.25, 0.3) is 6.08 Å². The van der Waals surface area contributed by atoms with E-state index in [1.54, 1.807) is 36.4 Å². The van der Waals surface area contributed by atoms with Crippen molar-refractivity contribution in [3.05, 3.63) is 81.0 Å². The Morgan fingerprint density at radius 2 is 1.94 bits per heavy atom. The van der Waals surface area contributed by atoms with E-state index in [9.17, 15) is 14.7 Å². The van der Waals surface area contributed by atoms with Crippen LogP contribution in [-0.2, 0) is 9.53 Å². The second-order valence-electron chi connectivity index (χ2n) is 7.57. The molecule has 8 nitrogen and oxygen atoms in total. The van der Waals surface area contributed by atoms with E-state index in [-0.39, 0.29) is 16.9 Å². The van der Waals surface area contributed by atoms with Crippen molar-refractivity contribution >= 4 is 61.9 Å². The summed E-state index contributed by atoms with van der Waals surface area (Å²) in [6, 6.07) is 8.03. The monoisotopic (exact) mass is 684 g/mol. The summed E-state index contributed by atoms with van der Waals surface area (Å²) in [6.07, 6.45) is 3.05. The number of aromatic hydroxyl groups is 1. The van der Waals surface area contributed by atoms with Gasteiger partial charge in [-0.2, -0.15) is 0 Å². The second kappa shape index (κ2) is 11.2. The molecule has 0 unspecified atom stereocenters. The molecule has 11 heteroatoms. The lowest BCUT2D eigenvalue weighted by molar-refractivity contribution is -0.136. The summed E-state index contributed by atoms with van der Waals surface area (Å²) >= 11 is 6.62. The molecule has 1 aliphatic rings. The number of phenolic OH excluding ortho intramolecular Hbond substituents is 1. The molecular formula is C25H22BrIN2O6S. The van der Waals surface area contributed by atoms with Crippen LogP contribution in [0.15, 0.2) is 56.4 Å². The lowest BCUT2D eigenvalue weighted by atomic mass is 9.97. The number of fused-ring (bicyclic) bond motifs is 1. The number of halogens is 2. The fourth-order valence-corrected chi connectivity index (χ4v) is 6.34. The van der Waals surface area contributed by atoms with E-state index in [0.717, 1.165) is 4.47 Å². The van der Waals surface area contributed by atoms with Gasteiger partial charge in [0, 0.05) is 16.2 Å². The fraction of sp³-hybridized carbons (Fsp3) is 0.240. The maximum Gasteiger partial charge on any atom is 0.337 e. The average Bonchev–Trinajstić information content (AvgIpc) is 3.17. The molecule has 0 saturated heterocycles. The van der Waals surface area contributed by atoms with E-state index < -0.39 is 12.0 Å². The summed E-state index contributed by atoms with van der Waals surface area (Å²) in [5, 5.41) is 10.5. The first kappa shape index (κ1) is 26.4. The zero-order chi connectivity index (χ0) is 26.0. The molecule has 36 heavy (non-hydrogen) atoms. The average molecular weight is 685 g/mol. The maximum absolute atomic E-state index is 13.7. The number of hydrogen-bond donors (Lipinski definition) is 1. The molecule has 0 saturated carbocycles. The summed E-state index contributed by atoms with van der Waals surface area (Å²) < 4.78 is 19.7. The maximum atomic E-state index is 13.7. The Kier molecular flexibility index (Phi) is 8.20. The molecular weight excluding hydrogens is 663 g/mol. The molecule has 0 bridgehead atoms. The van der Waals surface area contributed by atoms with Crippen molar-refractivity contribution in [2.45, 2.75) is 19.9 Å². The Bertz CT molecular complexity index is 1550. The Morgan fingerprint density at radius 1 is 1.22 bits per heavy atom. The van der Waals surface area contributed by atoms with Gasteiger partial charge in [0.2, 0.25) is 0 Å². The summed E-state index contributed by atoms with van der Waals surface area (Å²) in [4.78, 5) is 31.2. The third-order valence-corrected chi connectivity index (χ3v) is 7.63. The number of hydrogen-bond acceptors (Lipinski definition) is 8. The van der Waals surface area contributed by atoms with Crippen LogP contribution >= 0.6 is 49.9 Å². The minimum atomic E-state index is -0.790. The lowest BCUT2D eigenvalue weighted by Crippen LogP contribution is -2.39. The smallest absolute Gasteiger partial charge is 0.337 e. The summed E-state index contributed by atoms with van der Waals surface area (Å²) in [5.74, 6) is 0.557. The number of rotatable bonds is 7. The quantitative estimate of drug-likeness (QED) is 0.300. The van der Waals surface area contributed by atoms with Gasteiger partial charge in [-0.25, -0.2) is 9.79 Å².